The van der Waals surface area contributed by atoms with Crippen molar-refractivity contribution in [3.8, 4) is 5.88 Å². The minimum Gasteiger partial charge on any atom is -0.481 e. The van der Waals surface area contributed by atoms with Crippen LogP contribution in [0.4, 0.5) is 5.69 Å². The van der Waals surface area contributed by atoms with Crippen LogP contribution in [0.25, 0.3) is 0 Å². The predicted molar refractivity (Wildman–Crippen MR) is 62.8 cm³/mol. The summed E-state index contributed by atoms with van der Waals surface area (Å²) in [6.45, 7) is 1.69. The van der Waals surface area contributed by atoms with Gasteiger partial charge in [-0.2, -0.15) is 0 Å². The Bertz CT molecular complexity index is 424. The molecule has 0 saturated carbocycles. The van der Waals surface area contributed by atoms with Gasteiger partial charge in [0.25, 0.3) is 0 Å². The summed E-state index contributed by atoms with van der Waals surface area (Å²) in [5.41, 5.74) is 5.73. The van der Waals surface area contributed by atoms with Crippen molar-refractivity contribution in [3.05, 3.63) is 17.8 Å². The maximum atomic E-state index is 11.3. The standard InChI is InChI=1S/C11H16N2O5/c1-3-18-11(16)10(15)9(14)8-6(12)4-5-7(13-8)17-2/h4-5,9-10,14-15H,3,12H2,1-2H3. The average molecular weight is 256 g/mol. The van der Waals surface area contributed by atoms with E-state index in [1.807, 2.05) is 0 Å². The van der Waals surface area contributed by atoms with Gasteiger partial charge in [0.2, 0.25) is 5.88 Å². The lowest BCUT2D eigenvalue weighted by Crippen LogP contribution is -2.30. The lowest BCUT2D eigenvalue weighted by atomic mass is 10.1. The number of nitrogens with zero attached hydrogens (tertiary/aromatic N) is 1. The Hall–Kier alpha value is -1.86. The van der Waals surface area contributed by atoms with E-state index in [1.54, 1.807) is 6.92 Å². The van der Waals surface area contributed by atoms with Crippen LogP contribution in [0.3, 0.4) is 0 Å². The minimum absolute atomic E-state index is 0.0325. The van der Waals surface area contributed by atoms with Crippen LogP contribution in [-0.2, 0) is 9.53 Å². The number of aromatic nitrogens is 1. The van der Waals surface area contributed by atoms with Gasteiger partial charge in [-0.1, -0.05) is 0 Å². The van der Waals surface area contributed by atoms with E-state index >= 15 is 0 Å². The topological polar surface area (TPSA) is 115 Å². The molecule has 2 atom stereocenters. The highest BCUT2D eigenvalue weighted by Crippen LogP contribution is 2.24. The molecule has 100 valence electrons. The highest BCUT2D eigenvalue weighted by molar-refractivity contribution is 5.75. The first-order valence-corrected chi connectivity index (χ1v) is 5.34. The van der Waals surface area contributed by atoms with Crippen LogP contribution in [-0.4, -0.2) is 41.0 Å². The number of carbonyl (C=O) groups is 1. The third-order valence-electron chi connectivity index (χ3n) is 2.25. The van der Waals surface area contributed by atoms with E-state index in [2.05, 4.69) is 9.72 Å². The van der Waals surface area contributed by atoms with Crippen LogP contribution in [0.2, 0.25) is 0 Å². The molecular weight excluding hydrogens is 240 g/mol. The number of hydrogen-bond donors (Lipinski definition) is 3. The maximum absolute atomic E-state index is 11.3. The van der Waals surface area contributed by atoms with E-state index in [1.165, 1.54) is 19.2 Å². The van der Waals surface area contributed by atoms with E-state index in [9.17, 15) is 15.0 Å². The van der Waals surface area contributed by atoms with Gasteiger partial charge in [0.1, 0.15) is 6.10 Å². The molecule has 7 nitrogen and oxygen atoms in total. The molecule has 0 aliphatic heterocycles. The highest BCUT2D eigenvalue weighted by atomic mass is 16.5. The van der Waals surface area contributed by atoms with Crippen molar-refractivity contribution in [2.75, 3.05) is 19.5 Å². The first-order valence-electron chi connectivity index (χ1n) is 5.34. The van der Waals surface area contributed by atoms with Crippen molar-refractivity contribution < 1.29 is 24.5 Å². The Labute approximate surface area is 104 Å². The summed E-state index contributed by atoms with van der Waals surface area (Å²) in [6, 6.07) is 2.96. The molecule has 18 heavy (non-hydrogen) atoms. The third-order valence-corrected chi connectivity index (χ3v) is 2.25. The SMILES string of the molecule is CCOC(=O)C(O)C(O)c1nc(OC)ccc1N. The molecule has 1 aromatic rings. The van der Waals surface area contributed by atoms with Crippen molar-refractivity contribution in [2.45, 2.75) is 19.1 Å². The fourth-order valence-corrected chi connectivity index (χ4v) is 1.32. The number of hydrogen-bond acceptors (Lipinski definition) is 7. The molecule has 1 rings (SSSR count). The zero-order valence-electron chi connectivity index (χ0n) is 10.2. The Morgan fingerprint density at radius 3 is 2.72 bits per heavy atom. The quantitative estimate of drug-likeness (QED) is 0.615. The van der Waals surface area contributed by atoms with Crippen molar-refractivity contribution in [1.82, 2.24) is 4.98 Å². The molecule has 0 spiro atoms. The molecule has 1 heterocycles. The van der Waals surface area contributed by atoms with Crippen LogP contribution in [0.15, 0.2) is 12.1 Å². The lowest BCUT2D eigenvalue weighted by molar-refractivity contribution is -0.159. The van der Waals surface area contributed by atoms with Gasteiger partial charge in [-0.05, 0) is 13.0 Å². The Morgan fingerprint density at radius 1 is 1.50 bits per heavy atom. The van der Waals surface area contributed by atoms with Gasteiger partial charge >= 0.3 is 5.97 Å². The molecule has 0 aromatic carbocycles. The van der Waals surface area contributed by atoms with E-state index in [4.69, 9.17) is 10.5 Å². The molecular formula is C11H16N2O5. The molecule has 2 unspecified atom stereocenters. The Kier molecular flexibility index (Phi) is 4.87. The summed E-state index contributed by atoms with van der Waals surface area (Å²) in [4.78, 5) is 15.2. The summed E-state index contributed by atoms with van der Waals surface area (Å²) in [6.07, 6.45) is -3.31. The summed E-state index contributed by atoms with van der Waals surface area (Å²) >= 11 is 0. The Morgan fingerprint density at radius 2 is 2.17 bits per heavy atom. The fourth-order valence-electron chi connectivity index (χ4n) is 1.32. The van der Waals surface area contributed by atoms with Crippen molar-refractivity contribution in [2.24, 2.45) is 0 Å². The number of aliphatic hydroxyl groups is 2. The second-order valence-corrected chi connectivity index (χ2v) is 3.47. The number of carbonyl (C=O) groups excluding carboxylic acids is 1. The molecule has 0 bridgehead atoms. The summed E-state index contributed by atoms with van der Waals surface area (Å²) in [5.74, 6) is -0.719. The summed E-state index contributed by atoms with van der Waals surface area (Å²) in [5, 5.41) is 19.4. The van der Waals surface area contributed by atoms with Gasteiger partial charge in [0, 0.05) is 6.07 Å². The second kappa shape index (κ2) is 6.18. The number of pyridine rings is 1. The minimum atomic E-state index is -1.74. The zero-order chi connectivity index (χ0) is 13.7. The van der Waals surface area contributed by atoms with Crippen LogP contribution >= 0.6 is 0 Å². The molecule has 1 aromatic heterocycles. The monoisotopic (exact) mass is 256 g/mol. The van der Waals surface area contributed by atoms with Crippen molar-refractivity contribution in [3.63, 3.8) is 0 Å². The molecule has 7 heteroatoms. The van der Waals surface area contributed by atoms with E-state index in [0.29, 0.717) is 0 Å². The van der Waals surface area contributed by atoms with E-state index in [-0.39, 0.29) is 23.9 Å². The van der Waals surface area contributed by atoms with E-state index < -0.39 is 18.2 Å². The molecule has 4 N–H and O–H groups in total. The number of aliphatic hydroxyl groups excluding tert-OH is 2. The first kappa shape index (κ1) is 14.2. The van der Waals surface area contributed by atoms with Crippen LogP contribution in [0, 0.1) is 0 Å². The normalized spacial score (nSPS) is 13.8. The zero-order valence-corrected chi connectivity index (χ0v) is 10.2. The summed E-state index contributed by atoms with van der Waals surface area (Å²) in [7, 11) is 1.40. The van der Waals surface area contributed by atoms with Gasteiger partial charge in [0.15, 0.2) is 6.10 Å². The number of methoxy groups -OCH3 is 1. The Balaban J connectivity index is 2.95. The molecule has 0 aliphatic carbocycles. The highest BCUT2D eigenvalue weighted by Gasteiger charge is 2.29. The molecule has 0 saturated heterocycles. The van der Waals surface area contributed by atoms with Gasteiger partial charge in [-0.3, -0.25) is 0 Å². The van der Waals surface area contributed by atoms with Crippen LogP contribution in [0.5, 0.6) is 5.88 Å². The van der Waals surface area contributed by atoms with Gasteiger partial charge in [-0.25, -0.2) is 9.78 Å². The smallest absolute Gasteiger partial charge is 0.338 e. The largest absolute Gasteiger partial charge is 0.481 e. The molecule has 0 radical (unpaired) electrons. The summed E-state index contributed by atoms with van der Waals surface area (Å²) < 4.78 is 9.47. The molecule has 0 aliphatic rings. The number of nitrogen functional groups attached to an aromatic ring is 1. The van der Waals surface area contributed by atoms with Crippen LogP contribution in [0.1, 0.15) is 18.7 Å². The average Bonchev–Trinajstić information content (AvgIpc) is 2.38. The maximum Gasteiger partial charge on any atom is 0.338 e. The lowest BCUT2D eigenvalue weighted by Gasteiger charge is -2.17. The number of nitrogens with two attached hydrogens (primary N) is 1. The first-order chi connectivity index (χ1) is 8.51. The fraction of sp³-hybridized carbons (Fsp3) is 0.455. The third kappa shape index (κ3) is 3.08. The van der Waals surface area contributed by atoms with Crippen molar-refractivity contribution >= 4 is 11.7 Å². The second-order valence-electron chi connectivity index (χ2n) is 3.47. The number of ether oxygens (including phenoxy) is 2. The molecule has 0 fully saturated rings. The predicted octanol–water partition coefficient (Wildman–Crippen LogP) is -0.370. The van der Waals surface area contributed by atoms with Gasteiger partial charge in [0.05, 0.1) is 25.1 Å². The van der Waals surface area contributed by atoms with E-state index in [0.717, 1.165) is 0 Å². The van der Waals surface area contributed by atoms with Crippen LogP contribution < -0.4 is 10.5 Å². The number of esters is 1. The molecule has 0 amide bonds. The number of rotatable bonds is 5. The van der Waals surface area contributed by atoms with Gasteiger partial charge in [-0.15, -0.1) is 0 Å². The van der Waals surface area contributed by atoms with Crippen molar-refractivity contribution in [1.29, 1.82) is 0 Å². The van der Waals surface area contributed by atoms with Gasteiger partial charge < -0.3 is 25.4 Å². The number of anilines is 1.